The number of likely N-dealkylation sites (tertiary alicyclic amines) is 1. The monoisotopic (exact) mass is 459 g/mol. The van der Waals surface area contributed by atoms with Crippen molar-refractivity contribution in [3.63, 3.8) is 0 Å². The second kappa shape index (κ2) is 8.69. The molecule has 9 heteroatoms. The summed E-state index contributed by atoms with van der Waals surface area (Å²) in [7, 11) is 0. The predicted molar refractivity (Wildman–Crippen MR) is 119 cm³/mol. The summed E-state index contributed by atoms with van der Waals surface area (Å²) in [6, 6.07) is 11.2. The number of ketones is 1. The van der Waals surface area contributed by atoms with Gasteiger partial charge >= 0.3 is 0 Å². The van der Waals surface area contributed by atoms with Crippen LogP contribution in [0.5, 0.6) is 0 Å². The highest BCUT2D eigenvalue weighted by molar-refractivity contribution is 6.42. The first-order chi connectivity index (χ1) is 14.8. The predicted octanol–water partition coefficient (Wildman–Crippen LogP) is 4.98. The van der Waals surface area contributed by atoms with Gasteiger partial charge in [-0.15, -0.1) is 0 Å². The molecular formula is C22H19Cl2N3O4. The van der Waals surface area contributed by atoms with Gasteiger partial charge in [-0.25, -0.2) is 0 Å². The van der Waals surface area contributed by atoms with Crippen molar-refractivity contribution < 1.29 is 14.5 Å². The Morgan fingerprint density at radius 1 is 1.03 bits per heavy atom. The van der Waals surface area contributed by atoms with Crippen LogP contribution in [0.25, 0.3) is 10.9 Å². The van der Waals surface area contributed by atoms with Crippen LogP contribution < -0.4 is 0 Å². The Balaban J connectivity index is 1.38. The van der Waals surface area contributed by atoms with Gasteiger partial charge < -0.3 is 9.47 Å². The highest BCUT2D eigenvalue weighted by Crippen LogP contribution is 2.27. The molecule has 31 heavy (non-hydrogen) atoms. The molecule has 1 amide bonds. The number of nitro groups is 1. The van der Waals surface area contributed by atoms with E-state index < -0.39 is 4.92 Å². The van der Waals surface area contributed by atoms with E-state index in [0.29, 0.717) is 46.9 Å². The second-order valence-electron chi connectivity index (χ2n) is 7.59. The van der Waals surface area contributed by atoms with Crippen LogP contribution in [0, 0.1) is 16.0 Å². The summed E-state index contributed by atoms with van der Waals surface area (Å²) >= 11 is 11.9. The molecule has 0 unspecified atom stereocenters. The molecular weight excluding hydrogens is 441 g/mol. The number of Topliss-reactive ketones (excluding diaryl/α,β-unsaturated/α-hetero) is 1. The molecule has 0 atom stereocenters. The van der Waals surface area contributed by atoms with Crippen molar-refractivity contribution in [2.24, 2.45) is 5.92 Å². The summed E-state index contributed by atoms with van der Waals surface area (Å²) in [5.74, 6) is -0.186. The third kappa shape index (κ3) is 4.43. The van der Waals surface area contributed by atoms with E-state index >= 15 is 0 Å². The zero-order chi connectivity index (χ0) is 22.1. The van der Waals surface area contributed by atoms with Crippen molar-refractivity contribution in [2.45, 2.75) is 19.4 Å². The number of carbonyl (C=O) groups is 2. The number of hydrogen-bond donors (Lipinski definition) is 0. The fourth-order valence-corrected chi connectivity index (χ4v) is 4.26. The lowest BCUT2D eigenvalue weighted by Gasteiger charge is -2.31. The molecule has 0 radical (unpaired) electrons. The smallest absolute Gasteiger partial charge is 0.270 e. The van der Waals surface area contributed by atoms with Gasteiger partial charge in [0.2, 0.25) is 5.91 Å². The highest BCUT2D eigenvalue weighted by Gasteiger charge is 2.28. The number of hydrogen-bond acceptors (Lipinski definition) is 4. The van der Waals surface area contributed by atoms with E-state index in [1.165, 1.54) is 12.1 Å². The lowest BCUT2D eigenvalue weighted by Crippen LogP contribution is -2.41. The molecule has 1 aromatic heterocycles. The van der Waals surface area contributed by atoms with Crippen molar-refractivity contribution in [3.05, 3.63) is 74.4 Å². The summed E-state index contributed by atoms with van der Waals surface area (Å²) in [6.45, 7) is 1.15. The van der Waals surface area contributed by atoms with Gasteiger partial charge in [-0.05, 0) is 43.2 Å². The molecule has 160 valence electrons. The standard InChI is InChI=1S/C22H19Cl2N3O4/c23-18-3-1-16(12-19(18)24)22(29)14-5-8-25(9-6-14)21(28)13-26-10-7-15-11-17(27(30)31)2-4-20(15)26/h1-4,7,10-12,14H,5-6,8-9,13H2. The summed E-state index contributed by atoms with van der Waals surface area (Å²) < 4.78 is 1.79. The zero-order valence-corrected chi connectivity index (χ0v) is 18.0. The van der Waals surface area contributed by atoms with Crippen molar-refractivity contribution in [1.82, 2.24) is 9.47 Å². The van der Waals surface area contributed by atoms with Crippen LogP contribution in [0.2, 0.25) is 10.0 Å². The number of non-ortho nitro benzene ring substituents is 1. The minimum Gasteiger partial charge on any atom is -0.341 e. The lowest BCUT2D eigenvalue weighted by atomic mass is 9.89. The normalized spacial score (nSPS) is 14.7. The summed E-state index contributed by atoms with van der Waals surface area (Å²) in [4.78, 5) is 37.8. The maximum absolute atomic E-state index is 12.8. The van der Waals surface area contributed by atoms with E-state index in [2.05, 4.69) is 0 Å². The quantitative estimate of drug-likeness (QED) is 0.306. The van der Waals surface area contributed by atoms with Crippen molar-refractivity contribution >= 4 is 51.5 Å². The van der Waals surface area contributed by atoms with Crippen LogP contribution in [0.15, 0.2) is 48.7 Å². The Labute approximate surface area is 188 Å². The van der Waals surface area contributed by atoms with Gasteiger partial charge in [-0.2, -0.15) is 0 Å². The van der Waals surface area contributed by atoms with Gasteiger partial charge in [-0.3, -0.25) is 19.7 Å². The number of amides is 1. The number of carbonyl (C=O) groups excluding carboxylic acids is 2. The zero-order valence-electron chi connectivity index (χ0n) is 16.5. The molecule has 2 aromatic carbocycles. The molecule has 3 aromatic rings. The number of aromatic nitrogens is 1. The molecule has 1 aliphatic rings. The largest absolute Gasteiger partial charge is 0.341 e. The Morgan fingerprint density at radius 2 is 1.77 bits per heavy atom. The van der Waals surface area contributed by atoms with Crippen LogP contribution in [0.1, 0.15) is 23.2 Å². The number of fused-ring (bicyclic) bond motifs is 1. The molecule has 4 rings (SSSR count). The molecule has 0 bridgehead atoms. The summed E-state index contributed by atoms with van der Waals surface area (Å²) in [6.07, 6.45) is 2.93. The number of benzene rings is 2. The lowest BCUT2D eigenvalue weighted by molar-refractivity contribution is -0.384. The molecule has 0 N–H and O–H groups in total. The van der Waals surface area contributed by atoms with Crippen LogP contribution >= 0.6 is 23.2 Å². The van der Waals surface area contributed by atoms with Crippen molar-refractivity contribution in [1.29, 1.82) is 0 Å². The highest BCUT2D eigenvalue weighted by atomic mass is 35.5. The van der Waals surface area contributed by atoms with E-state index in [1.54, 1.807) is 46.0 Å². The average molecular weight is 460 g/mol. The Bertz CT molecular complexity index is 1180. The Hall–Kier alpha value is -2.90. The SMILES string of the molecule is O=C(c1ccc(Cl)c(Cl)c1)C1CCN(C(=O)Cn2ccc3cc([N+](=O)[O-])ccc32)CC1. The van der Waals surface area contributed by atoms with E-state index in [4.69, 9.17) is 23.2 Å². The van der Waals surface area contributed by atoms with Gasteiger partial charge in [-0.1, -0.05) is 23.2 Å². The second-order valence-corrected chi connectivity index (χ2v) is 8.41. The molecule has 1 aliphatic heterocycles. The molecule has 1 saturated heterocycles. The van der Waals surface area contributed by atoms with E-state index in [0.717, 1.165) is 5.52 Å². The van der Waals surface area contributed by atoms with Crippen LogP contribution in [-0.2, 0) is 11.3 Å². The van der Waals surface area contributed by atoms with Gasteiger partial charge in [0.1, 0.15) is 6.54 Å². The maximum Gasteiger partial charge on any atom is 0.270 e. The van der Waals surface area contributed by atoms with Gasteiger partial charge in [0.15, 0.2) is 5.78 Å². The first-order valence-electron chi connectivity index (χ1n) is 9.84. The van der Waals surface area contributed by atoms with Gasteiger partial charge in [0.05, 0.1) is 15.0 Å². The third-order valence-electron chi connectivity index (χ3n) is 5.69. The topological polar surface area (TPSA) is 85.5 Å². The van der Waals surface area contributed by atoms with E-state index in [9.17, 15) is 19.7 Å². The van der Waals surface area contributed by atoms with E-state index in [1.807, 2.05) is 0 Å². The maximum atomic E-state index is 12.8. The molecule has 1 fully saturated rings. The average Bonchev–Trinajstić information content (AvgIpc) is 3.17. The Kier molecular flexibility index (Phi) is 5.98. The number of nitro benzene ring substituents is 1. The Morgan fingerprint density at radius 3 is 2.45 bits per heavy atom. The molecule has 0 aliphatic carbocycles. The molecule has 2 heterocycles. The number of halogens is 2. The summed E-state index contributed by atoms with van der Waals surface area (Å²) in [5, 5.41) is 12.4. The first-order valence-corrected chi connectivity index (χ1v) is 10.6. The minimum atomic E-state index is -0.439. The van der Waals surface area contributed by atoms with Crippen LogP contribution in [0.3, 0.4) is 0 Å². The number of nitrogens with zero attached hydrogens (tertiary/aromatic N) is 3. The molecule has 0 saturated carbocycles. The molecule has 7 nitrogen and oxygen atoms in total. The van der Waals surface area contributed by atoms with Crippen molar-refractivity contribution in [2.75, 3.05) is 13.1 Å². The number of piperidine rings is 1. The third-order valence-corrected chi connectivity index (χ3v) is 6.43. The van der Waals surface area contributed by atoms with Gasteiger partial charge in [0.25, 0.3) is 5.69 Å². The minimum absolute atomic E-state index is 0.0173. The summed E-state index contributed by atoms with van der Waals surface area (Å²) in [5.41, 5.74) is 1.32. The van der Waals surface area contributed by atoms with Crippen LogP contribution in [-0.4, -0.2) is 39.2 Å². The first kappa shape index (κ1) is 21.3. The fourth-order valence-electron chi connectivity index (χ4n) is 3.96. The fraction of sp³-hybridized carbons (Fsp3) is 0.273. The van der Waals surface area contributed by atoms with Gasteiger partial charge in [0, 0.05) is 53.8 Å². The van der Waals surface area contributed by atoms with Crippen molar-refractivity contribution in [3.8, 4) is 0 Å². The van der Waals surface area contributed by atoms with E-state index in [-0.39, 0.29) is 29.8 Å². The van der Waals surface area contributed by atoms with Crippen LogP contribution in [0.4, 0.5) is 5.69 Å². The number of rotatable bonds is 5. The molecule has 0 spiro atoms.